The maximum absolute atomic E-state index is 12.8. The van der Waals surface area contributed by atoms with Gasteiger partial charge in [0.05, 0.1) is 0 Å². The molecule has 31 heavy (non-hydrogen) atoms. The Labute approximate surface area is 182 Å². The van der Waals surface area contributed by atoms with Gasteiger partial charge in [0.25, 0.3) is 0 Å². The molecular weight excluding hydrogens is 461 g/mol. The average molecular weight is 481 g/mol. The van der Waals surface area contributed by atoms with E-state index in [4.69, 9.17) is 3.73 Å². The van der Waals surface area contributed by atoms with Crippen LogP contribution in [0.3, 0.4) is 0 Å². The van der Waals surface area contributed by atoms with Crippen molar-refractivity contribution < 1.29 is 26.3 Å². The van der Waals surface area contributed by atoms with Gasteiger partial charge in [-0.25, -0.2) is 0 Å². The molecule has 3 aromatic rings. The summed E-state index contributed by atoms with van der Waals surface area (Å²) in [5.74, 6) is -1.69. The van der Waals surface area contributed by atoms with E-state index in [0.717, 1.165) is 17.7 Å². The summed E-state index contributed by atoms with van der Waals surface area (Å²) in [5, 5.41) is 12.0. The molecule has 8 heteroatoms. The minimum absolute atomic E-state index is 0.0927. The van der Waals surface area contributed by atoms with Gasteiger partial charge >= 0.3 is 182 Å². The maximum atomic E-state index is 12.8. The standard InChI is InChI=1S/C23H20AsNO6/c1-16(26)25-22-15-20(27)12-13-21(22)24(29,30)31-23(28)19-9-5-8-18(14-19)11-10-17-6-3-2-4-7-17/h2-15,27H,1H3,(H,25,26)(H,29,30). The Morgan fingerprint density at radius 2 is 1.61 bits per heavy atom. The zero-order chi connectivity index (χ0) is 22.4. The average Bonchev–Trinajstić information content (AvgIpc) is 2.72. The number of carbonyl (C=O) groups excluding carboxylic acids is 2. The van der Waals surface area contributed by atoms with Crippen molar-refractivity contribution in [3.8, 4) is 5.75 Å². The van der Waals surface area contributed by atoms with Gasteiger partial charge in [0.2, 0.25) is 0 Å². The Bertz CT molecular complexity index is 1190. The van der Waals surface area contributed by atoms with Crippen molar-refractivity contribution in [1.82, 2.24) is 0 Å². The van der Waals surface area contributed by atoms with E-state index in [1.807, 2.05) is 42.5 Å². The van der Waals surface area contributed by atoms with Crippen molar-refractivity contribution in [3.05, 3.63) is 89.5 Å². The van der Waals surface area contributed by atoms with Gasteiger partial charge in [0.15, 0.2) is 0 Å². The molecule has 0 fully saturated rings. The van der Waals surface area contributed by atoms with Crippen LogP contribution >= 0.6 is 0 Å². The van der Waals surface area contributed by atoms with Crippen LogP contribution < -0.4 is 9.67 Å². The van der Waals surface area contributed by atoms with Gasteiger partial charge in [-0.05, 0) is 0 Å². The normalized spacial score (nSPS) is 12.8. The molecule has 3 N–H and O–H groups in total. The van der Waals surface area contributed by atoms with Crippen LogP contribution in [0.5, 0.6) is 5.75 Å². The first-order valence-corrected chi connectivity index (χ1v) is 12.6. The number of aromatic hydroxyl groups is 1. The first-order chi connectivity index (χ1) is 14.7. The van der Waals surface area contributed by atoms with Gasteiger partial charge in [0, 0.05) is 0 Å². The first-order valence-electron chi connectivity index (χ1n) is 9.26. The molecular formula is C23H20AsNO6. The second-order valence-electron chi connectivity index (χ2n) is 6.65. The summed E-state index contributed by atoms with van der Waals surface area (Å²) in [6, 6.07) is 19.5. The summed E-state index contributed by atoms with van der Waals surface area (Å²) in [4.78, 5) is 23.9. The van der Waals surface area contributed by atoms with Crippen molar-refractivity contribution >= 4 is 48.2 Å². The van der Waals surface area contributed by atoms with Gasteiger partial charge in [-0.2, -0.15) is 0 Å². The fourth-order valence-electron chi connectivity index (χ4n) is 2.80. The summed E-state index contributed by atoms with van der Waals surface area (Å²) in [6.45, 7) is 1.21. The molecule has 1 unspecified atom stereocenters. The number of carbonyl (C=O) groups is 2. The molecule has 0 bridgehead atoms. The van der Waals surface area contributed by atoms with Crippen LogP contribution in [0.4, 0.5) is 5.69 Å². The zero-order valence-electron chi connectivity index (χ0n) is 16.6. The summed E-state index contributed by atoms with van der Waals surface area (Å²) < 4.78 is 28.0. The van der Waals surface area contributed by atoms with Crippen LogP contribution in [0, 0.1) is 0 Å². The molecule has 3 rings (SSSR count). The molecule has 0 spiro atoms. The number of hydrogen-bond acceptors (Lipinski definition) is 5. The van der Waals surface area contributed by atoms with Gasteiger partial charge in [0.1, 0.15) is 0 Å². The molecule has 158 valence electrons. The Morgan fingerprint density at radius 1 is 0.935 bits per heavy atom. The fraction of sp³-hybridized carbons (Fsp3) is 0.0435. The third-order valence-electron chi connectivity index (χ3n) is 4.19. The molecule has 0 saturated heterocycles. The molecule has 0 radical (unpaired) electrons. The van der Waals surface area contributed by atoms with Crippen LogP contribution in [0.2, 0.25) is 0 Å². The Hall–Kier alpha value is -3.54. The van der Waals surface area contributed by atoms with E-state index in [9.17, 15) is 22.5 Å². The van der Waals surface area contributed by atoms with Crippen molar-refractivity contribution in [3.63, 3.8) is 0 Å². The van der Waals surface area contributed by atoms with Crippen LogP contribution in [0.25, 0.3) is 12.2 Å². The van der Waals surface area contributed by atoms with Gasteiger partial charge in [-0.3, -0.25) is 0 Å². The van der Waals surface area contributed by atoms with Crippen LogP contribution in [0.1, 0.15) is 28.4 Å². The Balaban J connectivity index is 1.82. The quantitative estimate of drug-likeness (QED) is 0.369. The zero-order valence-corrected chi connectivity index (χ0v) is 18.4. The molecule has 0 aliphatic carbocycles. The van der Waals surface area contributed by atoms with E-state index in [2.05, 4.69) is 5.32 Å². The number of benzene rings is 3. The summed E-state index contributed by atoms with van der Waals surface area (Å²) in [5.41, 5.74) is 1.70. The first kappa shape index (κ1) is 22.2. The summed E-state index contributed by atoms with van der Waals surface area (Å²) >= 11 is -5.39. The Morgan fingerprint density at radius 3 is 2.32 bits per heavy atom. The molecule has 3 aromatic carbocycles. The molecule has 0 aliphatic rings. The van der Waals surface area contributed by atoms with E-state index in [0.29, 0.717) is 5.56 Å². The molecule has 1 atom stereocenters. The topological polar surface area (TPSA) is 113 Å². The van der Waals surface area contributed by atoms with Crippen molar-refractivity contribution in [2.24, 2.45) is 0 Å². The van der Waals surface area contributed by atoms with Crippen molar-refractivity contribution in [2.45, 2.75) is 6.92 Å². The predicted molar refractivity (Wildman–Crippen MR) is 118 cm³/mol. The number of phenols is 1. The number of nitrogens with one attached hydrogen (secondary N) is 1. The van der Waals surface area contributed by atoms with Gasteiger partial charge in [-0.1, -0.05) is 0 Å². The Kier molecular flexibility index (Phi) is 6.80. The number of anilines is 1. The van der Waals surface area contributed by atoms with E-state index >= 15 is 0 Å². The van der Waals surface area contributed by atoms with Crippen LogP contribution in [-0.4, -0.2) is 35.3 Å². The SMILES string of the molecule is CC(=O)Nc1cc(O)ccc1[As](=O)(O)OC(=O)c1cccc(C=Cc2ccccc2)c1. The van der Waals surface area contributed by atoms with E-state index in [1.54, 1.807) is 18.2 Å². The number of hydrogen-bond donors (Lipinski definition) is 3. The van der Waals surface area contributed by atoms with Gasteiger partial charge < -0.3 is 0 Å². The van der Waals surface area contributed by atoms with Crippen molar-refractivity contribution in [2.75, 3.05) is 5.32 Å². The molecule has 0 heterocycles. The van der Waals surface area contributed by atoms with Crippen LogP contribution in [0.15, 0.2) is 72.8 Å². The summed E-state index contributed by atoms with van der Waals surface area (Å²) in [7, 11) is 0. The van der Waals surface area contributed by atoms with E-state index < -0.39 is 26.0 Å². The fourth-order valence-corrected chi connectivity index (χ4v) is 5.14. The minimum atomic E-state index is -5.39. The predicted octanol–water partition coefficient (Wildman–Crippen LogP) is 2.95. The summed E-state index contributed by atoms with van der Waals surface area (Å²) in [6.07, 6.45) is 3.69. The molecule has 7 nitrogen and oxygen atoms in total. The molecule has 1 amide bonds. The number of amides is 1. The van der Waals surface area contributed by atoms with Gasteiger partial charge in [-0.15, -0.1) is 0 Å². The van der Waals surface area contributed by atoms with Crippen LogP contribution in [-0.2, 0) is 12.3 Å². The molecule has 0 aliphatic heterocycles. The second-order valence-corrected chi connectivity index (χ2v) is 10.2. The van der Waals surface area contributed by atoms with E-state index in [-0.39, 0.29) is 21.4 Å². The number of phenolic OH excluding ortho intramolecular Hbond substituents is 1. The molecule has 0 aromatic heterocycles. The second kappa shape index (κ2) is 9.51. The third-order valence-corrected chi connectivity index (χ3v) is 7.15. The monoisotopic (exact) mass is 481 g/mol. The van der Waals surface area contributed by atoms with Crippen molar-refractivity contribution in [1.29, 1.82) is 0 Å². The molecule has 0 saturated carbocycles. The van der Waals surface area contributed by atoms with E-state index in [1.165, 1.54) is 19.1 Å². The third kappa shape index (κ3) is 5.98. The number of rotatable bonds is 6.